The second-order valence-corrected chi connectivity index (χ2v) is 5.73. The van der Waals surface area contributed by atoms with Crippen molar-refractivity contribution in [3.05, 3.63) is 17.0 Å². The highest BCUT2D eigenvalue weighted by molar-refractivity contribution is 5.90. The highest BCUT2D eigenvalue weighted by atomic mass is 16.5. The molecule has 1 aromatic heterocycles. The third-order valence-electron chi connectivity index (χ3n) is 4.14. The summed E-state index contributed by atoms with van der Waals surface area (Å²) in [7, 11) is 0. The second-order valence-electron chi connectivity index (χ2n) is 5.73. The summed E-state index contributed by atoms with van der Waals surface area (Å²) in [5.74, 6) is -1.18. The third-order valence-corrected chi connectivity index (χ3v) is 4.14. The van der Waals surface area contributed by atoms with Gasteiger partial charge in [-0.1, -0.05) is 5.16 Å². The Morgan fingerprint density at radius 3 is 2.45 bits per heavy atom. The quantitative estimate of drug-likeness (QED) is 0.857. The van der Waals surface area contributed by atoms with Gasteiger partial charge in [-0.15, -0.1) is 0 Å². The van der Waals surface area contributed by atoms with Crippen LogP contribution in [0.3, 0.4) is 0 Å². The highest BCUT2D eigenvalue weighted by Gasteiger charge is 2.49. The SMILES string of the molecule is Cc1noc(C)c1[C@H](C)C(=O)N[C@@](C)(C(=O)O)C1CC1. The van der Waals surface area contributed by atoms with Gasteiger partial charge in [0.25, 0.3) is 0 Å². The molecule has 2 N–H and O–H groups in total. The van der Waals surface area contributed by atoms with Gasteiger partial charge in [-0.25, -0.2) is 4.79 Å². The van der Waals surface area contributed by atoms with E-state index < -0.39 is 17.4 Å². The van der Waals surface area contributed by atoms with Gasteiger partial charge in [-0.3, -0.25) is 4.79 Å². The van der Waals surface area contributed by atoms with Gasteiger partial charge in [-0.05, 0) is 46.5 Å². The minimum absolute atomic E-state index is 0.0146. The molecule has 20 heavy (non-hydrogen) atoms. The van der Waals surface area contributed by atoms with Crippen molar-refractivity contribution in [3.63, 3.8) is 0 Å². The molecule has 1 aliphatic carbocycles. The van der Waals surface area contributed by atoms with E-state index in [1.54, 1.807) is 27.7 Å². The molecule has 1 saturated carbocycles. The summed E-state index contributed by atoms with van der Waals surface area (Å²) in [6.45, 7) is 6.82. The molecule has 1 fully saturated rings. The van der Waals surface area contributed by atoms with Crippen molar-refractivity contribution in [2.24, 2.45) is 5.92 Å². The number of nitrogens with zero attached hydrogens (tertiary/aromatic N) is 1. The molecular weight excluding hydrogens is 260 g/mol. The number of hydrogen-bond acceptors (Lipinski definition) is 4. The predicted molar refractivity (Wildman–Crippen MR) is 71.3 cm³/mol. The molecule has 1 aliphatic rings. The van der Waals surface area contributed by atoms with Crippen LogP contribution in [0.25, 0.3) is 0 Å². The topological polar surface area (TPSA) is 92.4 Å². The molecule has 0 aromatic carbocycles. The number of carboxylic acids is 1. The van der Waals surface area contributed by atoms with Crippen LogP contribution in [0.1, 0.15) is 49.6 Å². The summed E-state index contributed by atoms with van der Waals surface area (Å²) in [5.41, 5.74) is 0.198. The standard InChI is InChI=1S/C14H20N2O4/c1-7(11-8(2)16-20-9(11)3)12(17)15-14(4,13(18)19)10-5-6-10/h7,10H,5-6H2,1-4H3,(H,15,17)(H,18,19)/t7-,14+/m0/s1. The van der Waals surface area contributed by atoms with E-state index in [4.69, 9.17) is 4.52 Å². The molecule has 2 rings (SSSR count). The minimum atomic E-state index is -1.19. The number of amides is 1. The van der Waals surface area contributed by atoms with Crippen molar-refractivity contribution in [3.8, 4) is 0 Å². The normalized spacial score (nSPS) is 19.2. The smallest absolute Gasteiger partial charge is 0.329 e. The molecule has 0 saturated heterocycles. The largest absolute Gasteiger partial charge is 0.480 e. The van der Waals surface area contributed by atoms with Crippen LogP contribution in [0, 0.1) is 19.8 Å². The van der Waals surface area contributed by atoms with E-state index in [0.29, 0.717) is 11.5 Å². The van der Waals surface area contributed by atoms with E-state index in [2.05, 4.69) is 10.5 Å². The monoisotopic (exact) mass is 280 g/mol. The summed E-state index contributed by atoms with van der Waals surface area (Å²) in [6.07, 6.45) is 1.67. The zero-order chi connectivity index (χ0) is 15.1. The third kappa shape index (κ3) is 2.42. The zero-order valence-electron chi connectivity index (χ0n) is 12.2. The molecule has 1 amide bonds. The number of aliphatic carboxylic acids is 1. The Hall–Kier alpha value is -1.85. The van der Waals surface area contributed by atoms with Crippen LogP contribution < -0.4 is 5.32 Å². The van der Waals surface area contributed by atoms with Gasteiger partial charge in [0.2, 0.25) is 5.91 Å². The molecule has 0 aliphatic heterocycles. The fourth-order valence-electron chi connectivity index (χ4n) is 2.59. The molecule has 0 spiro atoms. The van der Waals surface area contributed by atoms with E-state index in [1.807, 2.05) is 0 Å². The maximum atomic E-state index is 12.4. The van der Waals surface area contributed by atoms with Gasteiger partial charge < -0.3 is 14.9 Å². The predicted octanol–water partition coefficient (Wildman–Crippen LogP) is 1.76. The molecule has 110 valence electrons. The summed E-state index contributed by atoms with van der Waals surface area (Å²) < 4.78 is 5.06. The van der Waals surface area contributed by atoms with Crippen molar-refractivity contribution in [2.75, 3.05) is 0 Å². The molecule has 0 unspecified atom stereocenters. The lowest BCUT2D eigenvalue weighted by Gasteiger charge is -2.27. The lowest BCUT2D eigenvalue weighted by Crippen LogP contribution is -2.55. The summed E-state index contributed by atoms with van der Waals surface area (Å²) in [4.78, 5) is 23.8. The number of carboxylic acid groups (broad SMARTS) is 1. The Labute approximate surface area is 117 Å². The van der Waals surface area contributed by atoms with Crippen molar-refractivity contribution >= 4 is 11.9 Å². The average molecular weight is 280 g/mol. The fraction of sp³-hybridized carbons (Fsp3) is 0.643. The van der Waals surface area contributed by atoms with Crippen LogP contribution >= 0.6 is 0 Å². The molecule has 0 radical (unpaired) electrons. The Balaban J connectivity index is 2.17. The van der Waals surface area contributed by atoms with E-state index in [1.165, 1.54) is 0 Å². The molecule has 1 heterocycles. The number of carbonyl (C=O) groups is 2. The van der Waals surface area contributed by atoms with E-state index >= 15 is 0 Å². The van der Waals surface area contributed by atoms with Gasteiger partial charge in [0.15, 0.2) is 0 Å². The molecule has 6 nitrogen and oxygen atoms in total. The number of aryl methyl sites for hydroxylation is 2. The highest BCUT2D eigenvalue weighted by Crippen LogP contribution is 2.40. The molecule has 1 aromatic rings. The van der Waals surface area contributed by atoms with Gasteiger partial charge >= 0.3 is 5.97 Å². The first-order valence-electron chi connectivity index (χ1n) is 6.75. The van der Waals surface area contributed by atoms with Gasteiger partial charge in [0, 0.05) is 5.56 Å². The van der Waals surface area contributed by atoms with Crippen LogP contribution in [0.5, 0.6) is 0 Å². The maximum absolute atomic E-state index is 12.4. The second kappa shape index (κ2) is 4.92. The lowest BCUT2D eigenvalue weighted by molar-refractivity contribution is -0.148. The Morgan fingerprint density at radius 1 is 1.45 bits per heavy atom. The van der Waals surface area contributed by atoms with Crippen molar-refractivity contribution < 1.29 is 19.2 Å². The summed E-state index contributed by atoms with van der Waals surface area (Å²) in [5, 5.41) is 15.9. The van der Waals surface area contributed by atoms with Crippen LogP contribution in [0.2, 0.25) is 0 Å². The number of rotatable bonds is 5. The molecular formula is C14H20N2O4. The molecule has 6 heteroatoms. The lowest BCUT2D eigenvalue weighted by atomic mass is 9.92. The van der Waals surface area contributed by atoms with Gasteiger partial charge in [0.05, 0.1) is 11.6 Å². The van der Waals surface area contributed by atoms with Crippen LogP contribution in [-0.4, -0.2) is 27.7 Å². The molecule has 0 bridgehead atoms. The summed E-state index contributed by atoms with van der Waals surface area (Å²) in [6, 6.07) is 0. The van der Waals surface area contributed by atoms with Crippen molar-refractivity contribution in [1.82, 2.24) is 10.5 Å². The van der Waals surface area contributed by atoms with Crippen LogP contribution in [0.4, 0.5) is 0 Å². The Bertz CT molecular complexity index is 528. The number of carbonyl (C=O) groups excluding carboxylic acids is 1. The van der Waals surface area contributed by atoms with Crippen molar-refractivity contribution in [2.45, 2.75) is 52.0 Å². The average Bonchev–Trinajstić information content (AvgIpc) is 3.16. The Morgan fingerprint density at radius 2 is 2.05 bits per heavy atom. The van der Waals surface area contributed by atoms with E-state index in [0.717, 1.165) is 18.4 Å². The van der Waals surface area contributed by atoms with Gasteiger partial charge in [0.1, 0.15) is 11.3 Å². The fourth-order valence-corrected chi connectivity index (χ4v) is 2.59. The van der Waals surface area contributed by atoms with Crippen LogP contribution in [-0.2, 0) is 9.59 Å². The van der Waals surface area contributed by atoms with Crippen LogP contribution in [0.15, 0.2) is 4.52 Å². The van der Waals surface area contributed by atoms with E-state index in [-0.39, 0.29) is 11.8 Å². The minimum Gasteiger partial charge on any atom is -0.480 e. The maximum Gasteiger partial charge on any atom is 0.329 e. The summed E-state index contributed by atoms with van der Waals surface area (Å²) >= 11 is 0. The number of aromatic nitrogens is 1. The van der Waals surface area contributed by atoms with Crippen molar-refractivity contribution in [1.29, 1.82) is 0 Å². The Kier molecular flexibility index (Phi) is 3.58. The zero-order valence-corrected chi connectivity index (χ0v) is 12.2. The number of hydrogen-bond donors (Lipinski definition) is 2. The first-order valence-corrected chi connectivity index (χ1v) is 6.75. The first kappa shape index (κ1) is 14.6. The number of nitrogens with one attached hydrogen (secondary N) is 1. The van der Waals surface area contributed by atoms with Gasteiger partial charge in [-0.2, -0.15) is 0 Å². The molecule has 2 atom stereocenters. The van der Waals surface area contributed by atoms with E-state index in [9.17, 15) is 14.7 Å². The first-order chi connectivity index (χ1) is 9.27.